The summed E-state index contributed by atoms with van der Waals surface area (Å²) in [6.45, 7) is 1.83. The Morgan fingerprint density at radius 2 is 1.95 bits per heavy atom. The molecule has 2 aromatic rings. The third-order valence-electron chi connectivity index (χ3n) is 3.26. The molecule has 1 heterocycles. The van der Waals surface area contributed by atoms with Gasteiger partial charge in [0, 0.05) is 19.6 Å². The maximum Gasteiger partial charge on any atom is 0.335 e. The molecule has 0 aliphatic heterocycles. The molecule has 1 aliphatic carbocycles. The van der Waals surface area contributed by atoms with E-state index in [0.717, 1.165) is 18.3 Å². The van der Waals surface area contributed by atoms with Crippen LogP contribution in [0.2, 0.25) is 0 Å². The van der Waals surface area contributed by atoms with Crippen LogP contribution in [0.15, 0.2) is 30.6 Å². The van der Waals surface area contributed by atoms with Crippen molar-refractivity contribution in [3.63, 3.8) is 0 Å². The quantitative estimate of drug-likeness (QED) is 0.746. The minimum atomic E-state index is 0.377. The van der Waals surface area contributed by atoms with Crippen molar-refractivity contribution in [2.75, 3.05) is 13.2 Å². The van der Waals surface area contributed by atoms with Crippen LogP contribution in [0.25, 0.3) is 0 Å². The number of nitrogens with zero attached hydrogens (tertiary/aromatic N) is 3. The van der Waals surface area contributed by atoms with Gasteiger partial charge in [-0.15, -0.1) is 5.10 Å². The maximum absolute atomic E-state index is 5.62. The van der Waals surface area contributed by atoms with Crippen LogP contribution in [0.4, 0.5) is 0 Å². The highest BCUT2D eigenvalue weighted by Crippen LogP contribution is 2.19. The van der Waals surface area contributed by atoms with Crippen LogP contribution in [0.5, 0.6) is 11.8 Å². The van der Waals surface area contributed by atoms with Crippen molar-refractivity contribution in [3.8, 4) is 11.8 Å². The van der Waals surface area contributed by atoms with Gasteiger partial charge in [-0.1, -0.05) is 12.1 Å². The van der Waals surface area contributed by atoms with Crippen LogP contribution >= 0.6 is 0 Å². The zero-order valence-corrected chi connectivity index (χ0v) is 12.2. The lowest BCUT2D eigenvalue weighted by Gasteiger charge is -2.07. The summed E-state index contributed by atoms with van der Waals surface area (Å²) < 4.78 is 12.6. The second kappa shape index (κ2) is 6.58. The number of hydrogen-bond donors (Lipinski definition) is 1. The predicted octanol–water partition coefficient (Wildman–Crippen LogP) is 1.52. The Labute approximate surface area is 124 Å². The standard InChI is InChI=1S/C15H20N4O2/c1-19-11-17-15(18-19)21-9-8-20-14-6-2-12(3-7-14)10-16-13-4-5-13/h2-3,6-7,11,13,16H,4-5,8-10H2,1H3. The van der Waals surface area contributed by atoms with Crippen molar-refractivity contribution in [2.24, 2.45) is 7.05 Å². The number of benzene rings is 1. The molecule has 0 amide bonds. The van der Waals surface area contributed by atoms with E-state index < -0.39 is 0 Å². The van der Waals surface area contributed by atoms with Gasteiger partial charge in [0.25, 0.3) is 0 Å². The Bertz CT molecular complexity index is 563. The molecule has 0 unspecified atom stereocenters. The molecule has 1 aliphatic rings. The number of rotatable bonds is 8. The highest BCUT2D eigenvalue weighted by molar-refractivity contribution is 5.27. The first-order valence-electron chi connectivity index (χ1n) is 7.23. The average Bonchev–Trinajstić information content (AvgIpc) is 3.24. The van der Waals surface area contributed by atoms with E-state index in [-0.39, 0.29) is 0 Å². The number of ether oxygens (including phenoxy) is 2. The number of aromatic nitrogens is 3. The molecular weight excluding hydrogens is 268 g/mol. The van der Waals surface area contributed by atoms with Crippen LogP contribution in [-0.2, 0) is 13.6 Å². The molecule has 0 bridgehead atoms. The largest absolute Gasteiger partial charge is 0.490 e. The molecule has 0 atom stereocenters. The predicted molar refractivity (Wildman–Crippen MR) is 78.3 cm³/mol. The highest BCUT2D eigenvalue weighted by atomic mass is 16.5. The first-order valence-corrected chi connectivity index (χ1v) is 7.23. The van der Waals surface area contributed by atoms with Crippen LogP contribution in [-0.4, -0.2) is 34.0 Å². The lowest BCUT2D eigenvalue weighted by Crippen LogP contribution is -2.15. The summed E-state index contributed by atoms with van der Waals surface area (Å²) in [7, 11) is 1.80. The Morgan fingerprint density at radius 3 is 2.62 bits per heavy atom. The van der Waals surface area contributed by atoms with Crippen LogP contribution < -0.4 is 14.8 Å². The minimum Gasteiger partial charge on any atom is -0.490 e. The van der Waals surface area contributed by atoms with Gasteiger partial charge in [0.2, 0.25) is 0 Å². The molecule has 112 valence electrons. The number of hydrogen-bond acceptors (Lipinski definition) is 5. The fourth-order valence-electron chi connectivity index (χ4n) is 1.93. The van der Waals surface area contributed by atoms with Gasteiger partial charge in [-0.2, -0.15) is 4.98 Å². The topological polar surface area (TPSA) is 61.2 Å². The van der Waals surface area contributed by atoms with Crippen molar-refractivity contribution >= 4 is 0 Å². The molecule has 0 spiro atoms. The van der Waals surface area contributed by atoms with E-state index in [0.29, 0.717) is 19.2 Å². The van der Waals surface area contributed by atoms with Crippen molar-refractivity contribution in [2.45, 2.75) is 25.4 Å². The molecule has 1 N–H and O–H groups in total. The molecule has 1 fully saturated rings. The highest BCUT2D eigenvalue weighted by Gasteiger charge is 2.19. The van der Waals surface area contributed by atoms with Crippen LogP contribution in [0.3, 0.4) is 0 Å². The average molecular weight is 288 g/mol. The molecule has 0 radical (unpaired) electrons. The van der Waals surface area contributed by atoms with Gasteiger partial charge in [-0.3, -0.25) is 4.68 Å². The van der Waals surface area contributed by atoms with E-state index >= 15 is 0 Å². The minimum absolute atomic E-state index is 0.377. The first kappa shape index (κ1) is 13.9. The summed E-state index contributed by atoms with van der Waals surface area (Å²) in [5, 5.41) is 7.52. The number of nitrogens with one attached hydrogen (secondary N) is 1. The molecule has 1 saturated carbocycles. The van der Waals surface area contributed by atoms with E-state index in [1.165, 1.54) is 18.4 Å². The van der Waals surface area contributed by atoms with E-state index in [4.69, 9.17) is 9.47 Å². The maximum atomic E-state index is 5.62. The molecule has 1 aromatic carbocycles. The van der Waals surface area contributed by atoms with E-state index in [9.17, 15) is 0 Å². The fourth-order valence-corrected chi connectivity index (χ4v) is 1.93. The van der Waals surface area contributed by atoms with E-state index in [1.807, 2.05) is 12.1 Å². The van der Waals surface area contributed by atoms with Gasteiger partial charge in [-0.05, 0) is 30.5 Å². The second-order valence-corrected chi connectivity index (χ2v) is 5.20. The van der Waals surface area contributed by atoms with Crippen molar-refractivity contribution in [3.05, 3.63) is 36.2 Å². The van der Waals surface area contributed by atoms with Crippen LogP contribution in [0.1, 0.15) is 18.4 Å². The van der Waals surface area contributed by atoms with E-state index in [2.05, 4.69) is 27.5 Å². The SMILES string of the molecule is Cn1cnc(OCCOc2ccc(CNC3CC3)cc2)n1. The molecule has 1 aromatic heterocycles. The summed E-state index contributed by atoms with van der Waals surface area (Å²) >= 11 is 0. The lowest BCUT2D eigenvalue weighted by molar-refractivity contribution is 0.206. The zero-order chi connectivity index (χ0) is 14.5. The summed E-state index contributed by atoms with van der Waals surface area (Å²) in [4.78, 5) is 3.98. The zero-order valence-electron chi connectivity index (χ0n) is 12.2. The summed E-state index contributed by atoms with van der Waals surface area (Å²) in [6, 6.07) is 9.27. The lowest BCUT2D eigenvalue weighted by atomic mass is 10.2. The van der Waals surface area contributed by atoms with Crippen molar-refractivity contribution in [1.82, 2.24) is 20.1 Å². The Hall–Kier alpha value is -2.08. The monoisotopic (exact) mass is 288 g/mol. The van der Waals surface area contributed by atoms with E-state index in [1.54, 1.807) is 18.1 Å². The van der Waals surface area contributed by atoms with Gasteiger partial charge in [0.1, 0.15) is 25.3 Å². The second-order valence-electron chi connectivity index (χ2n) is 5.20. The van der Waals surface area contributed by atoms with Crippen molar-refractivity contribution in [1.29, 1.82) is 0 Å². The molecule has 21 heavy (non-hydrogen) atoms. The Morgan fingerprint density at radius 1 is 1.19 bits per heavy atom. The van der Waals surface area contributed by atoms with Gasteiger partial charge in [0.05, 0.1) is 0 Å². The summed E-state index contributed by atoms with van der Waals surface area (Å²) in [6.07, 6.45) is 4.23. The smallest absolute Gasteiger partial charge is 0.335 e. The van der Waals surface area contributed by atoms with Gasteiger partial charge >= 0.3 is 6.01 Å². The molecule has 0 saturated heterocycles. The van der Waals surface area contributed by atoms with Gasteiger partial charge < -0.3 is 14.8 Å². The third kappa shape index (κ3) is 4.46. The third-order valence-corrected chi connectivity index (χ3v) is 3.26. The molecular formula is C15H20N4O2. The van der Waals surface area contributed by atoms with Gasteiger partial charge in [-0.25, -0.2) is 0 Å². The summed E-state index contributed by atoms with van der Waals surface area (Å²) in [5.74, 6) is 0.850. The normalized spacial score (nSPS) is 14.1. The first-order chi connectivity index (χ1) is 10.3. The fraction of sp³-hybridized carbons (Fsp3) is 0.467. The van der Waals surface area contributed by atoms with Gasteiger partial charge in [0.15, 0.2) is 0 Å². The number of aryl methyl sites for hydroxylation is 1. The van der Waals surface area contributed by atoms with Crippen LogP contribution in [0, 0.1) is 0 Å². The van der Waals surface area contributed by atoms with Crippen molar-refractivity contribution < 1.29 is 9.47 Å². The Balaban J connectivity index is 1.36. The Kier molecular flexibility index (Phi) is 4.35. The molecule has 3 rings (SSSR count). The molecule has 6 nitrogen and oxygen atoms in total. The molecule has 6 heteroatoms. The summed E-state index contributed by atoms with van der Waals surface area (Å²) in [5.41, 5.74) is 1.28.